The maximum atomic E-state index is 5.97. The van der Waals surface area contributed by atoms with Crippen molar-refractivity contribution in [1.29, 1.82) is 0 Å². The van der Waals surface area contributed by atoms with E-state index in [1.54, 1.807) is 20.2 Å². The van der Waals surface area contributed by atoms with Crippen LogP contribution in [0.3, 0.4) is 0 Å². The highest BCUT2D eigenvalue weighted by atomic mass is 16.5. The van der Waals surface area contributed by atoms with Crippen LogP contribution in [0.5, 0.6) is 5.75 Å². The van der Waals surface area contributed by atoms with Crippen molar-refractivity contribution in [3.05, 3.63) is 18.2 Å². The topological polar surface area (TPSA) is 78.0 Å². The summed E-state index contributed by atoms with van der Waals surface area (Å²) in [6, 6.07) is 5.49. The Morgan fingerprint density at radius 1 is 1.35 bits per heavy atom. The lowest BCUT2D eigenvalue weighted by Crippen LogP contribution is -2.01. The summed E-state index contributed by atoms with van der Waals surface area (Å²) in [6.07, 6.45) is 0. The van der Waals surface area contributed by atoms with E-state index in [0.717, 1.165) is 17.1 Å². The number of nitrogens with one attached hydrogen (secondary N) is 1. The molecule has 6 heteroatoms. The van der Waals surface area contributed by atoms with Gasteiger partial charge < -0.3 is 15.8 Å². The van der Waals surface area contributed by atoms with Crippen molar-refractivity contribution in [3.63, 3.8) is 0 Å². The average Bonchev–Trinajstić information content (AvgIpc) is 2.70. The van der Waals surface area contributed by atoms with E-state index in [0.29, 0.717) is 11.6 Å². The maximum absolute atomic E-state index is 5.97. The first-order valence-electron chi connectivity index (χ1n) is 5.18. The Morgan fingerprint density at radius 3 is 2.65 bits per heavy atom. The number of ether oxygens (including phenoxy) is 1. The van der Waals surface area contributed by atoms with Crippen molar-refractivity contribution in [2.45, 2.75) is 0 Å². The summed E-state index contributed by atoms with van der Waals surface area (Å²) in [4.78, 5) is 0. The predicted octanol–water partition coefficient (Wildman–Crippen LogP) is 1.11. The molecule has 0 saturated heterocycles. The van der Waals surface area contributed by atoms with Crippen LogP contribution < -0.4 is 15.8 Å². The summed E-state index contributed by atoms with van der Waals surface area (Å²) in [5.41, 5.74) is 7.42. The molecule has 0 aliphatic rings. The zero-order chi connectivity index (χ0) is 12.4. The highest BCUT2D eigenvalue weighted by Crippen LogP contribution is 2.28. The van der Waals surface area contributed by atoms with Crippen LogP contribution >= 0.6 is 0 Å². The molecular formula is C11H15N5O. The lowest BCUT2D eigenvalue weighted by Gasteiger charge is -2.07. The Labute approximate surface area is 99.4 Å². The molecule has 0 bridgehead atoms. The Bertz CT molecular complexity index is 535. The molecule has 1 aromatic heterocycles. The number of aromatic nitrogens is 3. The van der Waals surface area contributed by atoms with Gasteiger partial charge in [0.25, 0.3) is 0 Å². The molecule has 1 aromatic carbocycles. The molecule has 90 valence electrons. The van der Waals surface area contributed by atoms with Crippen LogP contribution in [0.4, 0.5) is 11.6 Å². The Hall–Kier alpha value is -2.24. The monoisotopic (exact) mass is 233 g/mol. The zero-order valence-corrected chi connectivity index (χ0v) is 10.1. The number of hydrogen-bond donors (Lipinski definition) is 2. The van der Waals surface area contributed by atoms with Gasteiger partial charge in [0.2, 0.25) is 5.95 Å². The normalized spacial score (nSPS) is 10.3. The van der Waals surface area contributed by atoms with Crippen molar-refractivity contribution in [3.8, 4) is 17.1 Å². The van der Waals surface area contributed by atoms with Crippen molar-refractivity contribution in [1.82, 2.24) is 14.8 Å². The van der Waals surface area contributed by atoms with Gasteiger partial charge in [0.05, 0.1) is 7.11 Å². The van der Waals surface area contributed by atoms with Crippen LogP contribution in [-0.2, 0) is 7.05 Å². The number of nitrogens with two attached hydrogens (primary N) is 1. The van der Waals surface area contributed by atoms with Gasteiger partial charge in [-0.05, 0) is 12.1 Å². The number of methoxy groups -OCH3 is 1. The molecule has 0 unspecified atom stereocenters. The Kier molecular flexibility index (Phi) is 2.86. The number of rotatable bonds is 3. The molecule has 6 nitrogen and oxygen atoms in total. The van der Waals surface area contributed by atoms with Crippen molar-refractivity contribution in [2.75, 3.05) is 25.2 Å². The highest BCUT2D eigenvalue weighted by Gasteiger charge is 2.12. The fourth-order valence-corrected chi connectivity index (χ4v) is 1.65. The zero-order valence-electron chi connectivity index (χ0n) is 10.1. The molecule has 17 heavy (non-hydrogen) atoms. The first-order chi connectivity index (χ1) is 8.17. The van der Waals surface area contributed by atoms with E-state index >= 15 is 0 Å². The minimum atomic E-state index is 0.613. The fraction of sp³-hybridized carbons (Fsp3) is 0.273. The van der Waals surface area contributed by atoms with Crippen LogP contribution in [0.25, 0.3) is 11.4 Å². The summed E-state index contributed by atoms with van der Waals surface area (Å²) >= 11 is 0. The van der Waals surface area contributed by atoms with E-state index in [9.17, 15) is 0 Å². The summed E-state index contributed by atoms with van der Waals surface area (Å²) in [7, 11) is 5.28. The van der Waals surface area contributed by atoms with Gasteiger partial charge in [0, 0.05) is 31.4 Å². The molecule has 2 aromatic rings. The van der Waals surface area contributed by atoms with Gasteiger partial charge in [0.1, 0.15) is 5.75 Å². The molecule has 0 aliphatic carbocycles. The van der Waals surface area contributed by atoms with Gasteiger partial charge in [-0.25, -0.2) is 0 Å². The van der Waals surface area contributed by atoms with E-state index in [4.69, 9.17) is 10.5 Å². The average molecular weight is 233 g/mol. The lowest BCUT2D eigenvalue weighted by molar-refractivity contribution is 0.415. The Balaban J connectivity index is 2.49. The minimum absolute atomic E-state index is 0.613. The van der Waals surface area contributed by atoms with Crippen molar-refractivity contribution < 1.29 is 4.74 Å². The summed E-state index contributed by atoms with van der Waals surface area (Å²) < 4.78 is 6.95. The largest absolute Gasteiger partial charge is 0.497 e. The second kappa shape index (κ2) is 4.32. The second-order valence-electron chi connectivity index (χ2n) is 3.61. The summed E-state index contributed by atoms with van der Waals surface area (Å²) in [5.74, 6) is 2.13. The van der Waals surface area contributed by atoms with Crippen LogP contribution in [0.2, 0.25) is 0 Å². The molecule has 0 aliphatic heterocycles. The predicted molar refractivity (Wildman–Crippen MR) is 67.0 cm³/mol. The van der Waals surface area contributed by atoms with E-state index in [-0.39, 0.29) is 0 Å². The lowest BCUT2D eigenvalue weighted by atomic mass is 10.1. The van der Waals surface area contributed by atoms with Crippen LogP contribution in [0, 0.1) is 0 Å². The molecule has 0 spiro atoms. The molecule has 3 N–H and O–H groups in total. The smallest absolute Gasteiger partial charge is 0.224 e. The molecular weight excluding hydrogens is 218 g/mol. The number of nitrogens with zero attached hydrogens (tertiary/aromatic N) is 3. The van der Waals surface area contributed by atoms with Gasteiger partial charge in [-0.15, -0.1) is 10.2 Å². The second-order valence-corrected chi connectivity index (χ2v) is 3.61. The quantitative estimate of drug-likeness (QED) is 0.776. The van der Waals surface area contributed by atoms with Gasteiger partial charge in [-0.1, -0.05) is 0 Å². The van der Waals surface area contributed by atoms with E-state index in [2.05, 4.69) is 15.5 Å². The number of nitrogen functional groups attached to an aromatic ring is 1. The third-order valence-electron chi connectivity index (χ3n) is 2.60. The maximum Gasteiger partial charge on any atom is 0.224 e. The van der Waals surface area contributed by atoms with E-state index < -0.39 is 0 Å². The number of benzene rings is 1. The first-order valence-corrected chi connectivity index (χ1v) is 5.18. The van der Waals surface area contributed by atoms with E-state index in [1.807, 2.05) is 23.7 Å². The molecule has 2 rings (SSSR count). The van der Waals surface area contributed by atoms with Gasteiger partial charge in [-0.3, -0.25) is 4.57 Å². The molecule has 0 radical (unpaired) electrons. The number of anilines is 2. The third kappa shape index (κ3) is 1.89. The molecule has 0 atom stereocenters. The van der Waals surface area contributed by atoms with Crippen LogP contribution in [-0.4, -0.2) is 28.9 Å². The molecule has 0 saturated carbocycles. The highest BCUT2D eigenvalue weighted by molar-refractivity contribution is 5.73. The SMILES string of the molecule is CNc1nnc(-c2ccc(OC)cc2N)n1C. The third-order valence-corrected chi connectivity index (χ3v) is 2.60. The summed E-state index contributed by atoms with van der Waals surface area (Å²) in [6.45, 7) is 0. The van der Waals surface area contributed by atoms with Crippen molar-refractivity contribution >= 4 is 11.6 Å². The van der Waals surface area contributed by atoms with Crippen LogP contribution in [0.1, 0.15) is 0 Å². The van der Waals surface area contributed by atoms with Crippen LogP contribution in [0.15, 0.2) is 18.2 Å². The van der Waals surface area contributed by atoms with Gasteiger partial charge in [0.15, 0.2) is 5.82 Å². The molecule has 1 heterocycles. The first kappa shape index (κ1) is 11.3. The minimum Gasteiger partial charge on any atom is -0.497 e. The fourth-order valence-electron chi connectivity index (χ4n) is 1.65. The van der Waals surface area contributed by atoms with Crippen molar-refractivity contribution in [2.24, 2.45) is 7.05 Å². The number of hydrogen-bond acceptors (Lipinski definition) is 5. The Morgan fingerprint density at radius 2 is 2.12 bits per heavy atom. The van der Waals surface area contributed by atoms with Gasteiger partial charge >= 0.3 is 0 Å². The molecule has 0 amide bonds. The summed E-state index contributed by atoms with van der Waals surface area (Å²) in [5, 5.41) is 11.1. The standard InChI is InChI=1S/C11H15N5O/c1-13-11-15-14-10(16(11)2)8-5-4-7(17-3)6-9(8)12/h4-6H,12H2,1-3H3,(H,13,15). The van der Waals surface area contributed by atoms with E-state index in [1.165, 1.54) is 0 Å². The van der Waals surface area contributed by atoms with Gasteiger partial charge in [-0.2, -0.15) is 0 Å². The molecule has 0 fully saturated rings.